The zero-order valence-electron chi connectivity index (χ0n) is 15.4. The molecule has 0 aromatic heterocycles. The first kappa shape index (κ1) is 19.8. The Morgan fingerprint density at radius 3 is 2.77 bits per heavy atom. The smallest absolute Gasteiger partial charge is 0.250 e. The minimum absolute atomic E-state index is 0.148. The lowest BCUT2D eigenvalue weighted by Gasteiger charge is -2.29. The first-order chi connectivity index (χ1) is 12.5. The summed E-state index contributed by atoms with van der Waals surface area (Å²) in [4.78, 5) is 20.4. The van der Waals surface area contributed by atoms with Crippen molar-refractivity contribution in [3.63, 3.8) is 0 Å². The number of carbonyl (C=O) groups is 1. The average Bonchev–Trinajstić information content (AvgIpc) is 2.64. The van der Waals surface area contributed by atoms with Gasteiger partial charge in [0.2, 0.25) is 5.91 Å². The number of nitrogens with two attached hydrogens (primary N) is 1. The van der Waals surface area contributed by atoms with Crippen LogP contribution in [0.25, 0.3) is 0 Å². The van der Waals surface area contributed by atoms with Crippen LogP contribution in [0.5, 0.6) is 0 Å². The van der Waals surface area contributed by atoms with Gasteiger partial charge in [0.25, 0.3) is 0 Å². The SMILES string of the molecule is CN=C(NC(CNC)c1cccc(F)c1)C1CCC=C(C(N)=O)C1=NC. The van der Waals surface area contributed by atoms with Gasteiger partial charge in [-0.25, -0.2) is 4.39 Å². The molecule has 0 radical (unpaired) electrons. The Morgan fingerprint density at radius 1 is 1.42 bits per heavy atom. The fraction of sp³-hybridized carbons (Fsp3) is 0.421. The Bertz CT molecular complexity index is 741. The number of rotatable bonds is 6. The molecule has 140 valence electrons. The number of allylic oxidation sites excluding steroid dienone is 1. The van der Waals surface area contributed by atoms with Crippen molar-refractivity contribution >= 4 is 17.5 Å². The lowest BCUT2D eigenvalue weighted by Crippen LogP contribution is -2.43. The van der Waals surface area contributed by atoms with Gasteiger partial charge in [-0.1, -0.05) is 18.2 Å². The third-order valence-corrected chi connectivity index (χ3v) is 4.47. The number of nitrogens with zero attached hydrogens (tertiary/aromatic N) is 2. The van der Waals surface area contributed by atoms with Crippen LogP contribution in [0.15, 0.2) is 45.9 Å². The number of hydrogen-bond acceptors (Lipinski definition) is 4. The highest BCUT2D eigenvalue weighted by Gasteiger charge is 2.30. The summed E-state index contributed by atoms with van der Waals surface area (Å²) < 4.78 is 13.6. The van der Waals surface area contributed by atoms with E-state index in [1.54, 1.807) is 20.2 Å². The first-order valence-corrected chi connectivity index (χ1v) is 8.62. The van der Waals surface area contributed by atoms with Crippen molar-refractivity contribution in [2.75, 3.05) is 27.7 Å². The van der Waals surface area contributed by atoms with Gasteiger partial charge in [-0.2, -0.15) is 0 Å². The predicted octanol–water partition coefficient (Wildman–Crippen LogP) is 1.60. The molecule has 6 nitrogen and oxygen atoms in total. The number of primary amides is 1. The summed E-state index contributed by atoms with van der Waals surface area (Å²) >= 11 is 0. The summed E-state index contributed by atoms with van der Waals surface area (Å²) in [5, 5.41) is 6.52. The molecule has 1 aliphatic rings. The normalized spacial score (nSPS) is 20.6. The highest BCUT2D eigenvalue weighted by molar-refractivity contribution is 6.27. The van der Waals surface area contributed by atoms with Crippen molar-refractivity contribution < 1.29 is 9.18 Å². The largest absolute Gasteiger partial charge is 0.366 e. The third-order valence-electron chi connectivity index (χ3n) is 4.47. The highest BCUT2D eigenvalue weighted by atomic mass is 19.1. The first-order valence-electron chi connectivity index (χ1n) is 8.62. The van der Waals surface area contributed by atoms with Crippen molar-refractivity contribution in [1.29, 1.82) is 0 Å². The number of likely N-dealkylation sites (N-methyl/N-ethyl adjacent to an activating group) is 1. The van der Waals surface area contributed by atoms with Crippen LogP contribution in [0.3, 0.4) is 0 Å². The van der Waals surface area contributed by atoms with E-state index in [1.165, 1.54) is 12.1 Å². The molecule has 0 fully saturated rings. The van der Waals surface area contributed by atoms with Crippen LogP contribution in [-0.4, -0.2) is 45.1 Å². The van der Waals surface area contributed by atoms with Crippen LogP contribution in [0.4, 0.5) is 4.39 Å². The second kappa shape index (κ2) is 9.24. The van der Waals surface area contributed by atoms with Crippen molar-refractivity contribution in [3.8, 4) is 0 Å². The maximum absolute atomic E-state index is 13.6. The maximum Gasteiger partial charge on any atom is 0.250 e. The van der Waals surface area contributed by atoms with Gasteiger partial charge < -0.3 is 16.4 Å². The lowest BCUT2D eigenvalue weighted by atomic mass is 9.84. The van der Waals surface area contributed by atoms with E-state index in [4.69, 9.17) is 5.73 Å². The van der Waals surface area contributed by atoms with Crippen molar-refractivity contribution in [2.24, 2.45) is 21.6 Å². The van der Waals surface area contributed by atoms with Gasteiger partial charge in [0.05, 0.1) is 23.2 Å². The molecule has 1 aromatic carbocycles. The minimum Gasteiger partial charge on any atom is -0.366 e. The molecule has 4 N–H and O–H groups in total. The average molecular weight is 359 g/mol. The van der Waals surface area contributed by atoms with E-state index in [0.717, 1.165) is 18.4 Å². The molecule has 0 spiro atoms. The predicted molar refractivity (Wildman–Crippen MR) is 103 cm³/mol. The number of aliphatic imine (C=N–C) groups is 2. The van der Waals surface area contributed by atoms with Crippen LogP contribution in [0.2, 0.25) is 0 Å². The summed E-state index contributed by atoms with van der Waals surface area (Å²) in [6.45, 7) is 0.590. The van der Waals surface area contributed by atoms with Crippen LogP contribution in [0.1, 0.15) is 24.4 Å². The summed E-state index contributed by atoms with van der Waals surface area (Å²) in [5.74, 6) is -0.206. The topological polar surface area (TPSA) is 91.9 Å². The second-order valence-corrected chi connectivity index (χ2v) is 6.14. The molecule has 0 saturated carbocycles. The van der Waals surface area contributed by atoms with E-state index in [9.17, 15) is 9.18 Å². The van der Waals surface area contributed by atoms with Crippen LogP contribution in [-0.2, 0) is 4.79 Å². The number of halogens is 1. The standard InChI is InChI=1S/C19H26FN5O/c1-22-11-16(12-6-4-7-13(20)10-12)25-19(24-3)15-9-5-8-14(18(21)26)17(15)23-2/h4,6-8,10,15-16,22H,5,9,11H2,1-3H3,(H2,21,26)(H,24,25). The molecule has 2 rings (SSSR count). The molecule has 1 amide bonds. The molecular formula is C19H26FN5O. The fourth-order valence-electron chi connectivity index (χ4n) is 3.27. The molecule has 0 saturated heterocycles. The van der Waals surface area contributed by atoms with E-state index in [-0.39, 0.29) is 17.8 Å². The Balaban J connectivity index is 2.29. The van der Waals surface area contributed by atoms with E-state index in [1.807, 2.05) is 19.2 Å². The molecule has 0 heterocycles. The molecule has 26 heavy (non-hydrogen) atoms. The summed E-state index contributed by atoms with van der Waals surface area (Å²) in [6.07, 6.45) is 3.32. The number of benzene rings is 1. The van der Waals surface area contributed by atoms with Crippen molar-refractivity contribution in [1.82, 2.24) is 10.6 Å². The molecule has 0 bridgehead atoms. The van der Waals surface area contributed by atoms with E-state index < -0.39 is 5.91 Å². The third kappa shape index (κ3) is 4.54. The van der Waals surface area contributed by atoms with Gasteiger partial charge in [-0.3, -0.25) is 14.8 Å². The molecule has 7 heteroatoms. The zero-order chi connectivity index (χ0) is 19.1. The molecule has 1 aliphatic carbocycles. The molecule has 1 aromatic rings. The Kier molecular flexibility index (Phi) is 7.03. The van der Waals surface area contributed by atoms with E-state index >= 15 is 0 Å². The van der Waals surface area contributed by atoms with Gasteiger partial charge in [0.15, 0.2) is 0 Å². The molecule has 2 atom stereocenters. The number of carbonyl (C=O) groups excluding carboxylic acids is 1. The van der Waals surface area contributed by atoms with Gasteiger partial charge >= 0.3 is 0 Å². The number of nitrogens with one attached hydrogen (secondary N) is 2. The molecule has 0 aliphatic heterocycles. The maximum atomic E-state index is 13.6. The van der Waals surface area contributed by atoms with Crippen LogP contribution >= 0.6 is 0 Å². The number of hydrogen-bond donors (Lipinski definition) is 3. The minimum atomic E-state index is -0.484. The van der Waals surface area contributed by atoms with E-state index in [0.29, 0.717) is 23.7 Å². The highest BCUT2D eigenvalue weighted by Crippen LogP contribution is 2.24. The fourth-order valence-corrected chi connectivity index (χ4v) is 3.27. The van der Waals surface area contributed by atoms with Crippen molar-refractivity contribution in [3.05, 3.63) is 47.3 Å². The van der Waals surface area contributed by atoms with Crippen molar-refractivity contribution in [2.45, 2.75) is 18.9 Å². The zero-order valence-corrected chi connectivity index (χ0v) is 15.4. The number of amides is 1. The summed E-state index contributed by atoms with van der Waals surface area (Å²) in [6, 6.07) is 6.31. The molecular weight excluding hydrogens is 333 g/mol. The van der Waals surface area contributed by atoms with Gasteiger partial charge in [0.1, 0.15) is 11.7 Å². The molecule has 2 unspecified atom stereocenters. The monoisotopic (exact) mass is 359 g/mol. The van der Waals surface area contributed by atoms with Crippen LogP contribution in [0, 0.1) is 11.7 Å². The second-order valence-electron chi connectivity index (χ2n) is 6.14. The van der Waals surface area contributed by atoms with E-state index in [2.05, 4.69) is 20.6 Å². The lowest BCUT2D eigenvalue weighted by molar-refractivity contribution is -0.114. The van der Waals surface area contributed by atoms with Crippen LogP contribution < -0.4 is 16.4 Å². The Labute approximate surface area is 153 Å². The number of amidine groups is 1. The van der Waals surface area contributed by atoms with Gasteiger partial charge in [0, 0.05) is 20.6 Å². The Morgan fingerprint density at radius 2 is 2.19 bits per heavy atom. The summed E-state index contributed by atoms with van der Waals surface area (Å²) in [7, 11) is 5.18. The summed E-state index contributed by atoms with van der Waals surface area (Å²) in [5.41, 5.74) is 7.40. The quantitative estimate of drug-likeness (QED) is 0.532. The van der Waals surface area contributed by atoms with Gasteiger partial charge in [-0.05, 0) is 37.6 Å². The van der Waals surface area contributed by atoms with Gasteiger partial charge in [-0.15, -0.1) is 0 Å². The Hall–Kier alpha value is -2.54.